The van der Waals surface area contributed by atoms with Gasteiger partial charge >= 0.3 is 0 Å². The number of hydrogen-bond donors (Lipinski definition) is 0. The molecule has 2 fully saturated rings. The lowest BCUT2D eigenvalue weighted by Gasteiger charge is -2.34. The van der Waals surface area contributed by atoms with Crippen molar-refractivity contribution in [2.75, 3.05) is 0 Å². The highest BCUT2D eigenvalue weighted by molar-refractivity contribution is 4.78. The maximum atomic E-state index is 2.43. The van der Waals surface area contributed by atoms with E-state index >= 15 is 0 Å². The van der Waals surface area contributed by atoms with Crippen LogP contribution in [-0.2, 0) is 0 Å². The molecule has 0 atom stereocenters. The molecule has 0 amide bonds. The monoisotopic (exact) mass is 276 g/mol. The molecule has 0 bridgehead atoms. The minimum Gasteiger partial charge on any atom is -0.412 e. The standard InChI is InChI=1S/C13H24.2C2H6.2H2O/c1-11-7-9-13(10-8-11)12-5-3-2-4-6-12;2*1-2;;/h11-13H,2-10H2,1H3;2*1-2H3;2*1H2. The smallest absolute Gasteiger partial charge is 0.0386 e. The minimum absolute atomic E-state index is 0. The van der Waals surface area contributed by atoms with E-state index in [9.17, 15) is 0 Å². The van der Waals surface area contributed by atoms with Crippen LogP contribution in [0.5, 0.6) is 0 Å². The lowest BCUT2D eigenvalue weighted by molar-refractivity contribution is 0.173. The molecule has 2 aliphatic rings. The van der Waals surface area contributed by atoms with E-state index in [-0.39, 0.29) is 11.0 Å². The largest absolute Gasteiger partial charge is 0.412 e. The molecule has 0 unspecified atom stereocenters. The van der Waals surface area contributed by atoms with Crippen molar-refractivity contribution < 1.29 is 11.0 Å². The molecular formula is C17H40O2. The fourth-order valence-electron chi connectivity index (χ4n) is 3.36. The molecule has 120 valence electrons. The molecule has 2 aliphatic carbocycles. The molecule has 0 aliphatic heterocycles. The first kappa shape index (κ1) is 24.0. The fraction of sp³-hybridized carbons (Fsp3) is 1.00. The molecule has 0 heterocycles. The summed E-state index contributed by atoms with van der Waals surface area (Å²) < 4.78 is 0. The second-order valence-corrected chi connectivity index (χ2v) is 5.42. The molecular weight excluding hydrogens is 236 g/mol. The van der Waals surface area contributed by atoms with Crippen LogP contribution in [-0.4, -0.2) is 11.0 Å². The molecule has 19 heavy (non-hydrogen) atoms. The van der Waals surface area contributed by atoms with Crippen molar-refractivity contribution in [3.05, 3.63) is 0 Å². The van der Waals surface area contributed by atoms with Crippen LogP contribution in [0.25, 0.3) is 0 Å². The van der Waals surface area contributed by atoms with Gasteiger partial charge in [-0.05, 0) is 30.6 Å². The van der Waals surface area contributed by atoms with Crippen LogP contribution in [0.2, 0.25) is 0 Å². The Hall–Kier alpha value is -0.0800. The predicted octanol–water partition coefficient (Wildman–Crippen LogP) is 4.80. The van der Waals surface area contributed by atoms with E-state index in [2.05, 4.69) is 6.92 Å². The van der Waals surface area contributed by atoms with Gasteiger partial charge in [0.1, 0.15) is 0 Å². The summed E-state index contributed by atoms with van der Waals surface area (Å²) in [5, 5.41) is 0. The fourth-order valence-corrected chi connectivity index (χ4v) is 3.36. The zero-order valence-electron chi connectivity index (χ0n) is 14.1. The van der Waals surface area contributed by atoms with Gasteiger partial charge in [0, 0.05) is 0 Å². The molecule has 0 aromatic rings. The summed E-state index contributed by atoms with van der Waals surface area (Å²) >= 11 is 0. The van der Waals surface area contributed by atoms with Gasteiger partial charge in [-0.2, -0.15) is 0 Å². The SMILES string of the molecule is CC.CC.CC1CCC(C2CCCCC2)CC1.O.O. The average molecular weight is 277 g/mol. The Balaban J connectivity index is -0.000000392. The average Bonchev–Trinajstić information content (AvgIpc) is 2.45. The minimum atomic E-state index is 0. The van der Waals surface area contributed by atoms with E-state index in [1.165, 1.54) is 32.1 Å². The van der Waals surface area contributed by atoms with Crippen LogP contribution in [0.3, 0.4) is 0 Å². The van der Waals surface area contributed by atoms with Crippen LogP contribution < -0.4 is 0 Å². The summed E-state index contributed by atoms with van der Waals surface area (Å²) in [5.41, 5.74) is 0. The van der Waals surface area contributed by atoms with Gasteiger partial charge in [0.25, 0.3) is 0 Å². The van der Waals surface area contributed by atoms with Crippen molar-refractivity contribution >= 4 is 0 Å². The number of hydrogen-bond acceptors (Lipinski definition) is 0. The van der Waals surface area contributed by atoms with E-state index in [4.69, 9.17) is 0 Å². The highest BCUT2D eigenvalue weighted by Gasteiger charge is 2.26. The molecule has 2 nitrogen and oxygen atoms in total. The van der Waals surface area contributed by atoms with Crippen LogP contribution in [0.4, 0.5) is 0 Å². The Bertz CT molecular complexity index is 145. The molecule has 2 saturated carbocycles. The van der Waals surface area contributed by atoms with E-state index in [1.807, 2.05) is 27.7 Å². The van der Waals surface area contributed by atoms with Crippen molar-refractivity contribution in [2.45, 2.75) is 92.4 Å². The summed E-state index contributed by atoms with van der Waals surface area (Å²) in [6.07, 6.45) is 13.8. The molecule has 0 aromatic carbocycles. The molecule has 2 rings (SSSR count). The lowest BCUT2D eigenvalue weighted by Crippen LogP contribution is -2.22. The summed E-state index contributed by atoms with van der Waals surface area (Å²) in [7, 11) is 0. The van der Waals surface area contributed by atoms with Crippen molar-refractivity contribution in [1.29, 1.82) is 0 Å². The molecule has 0 radical (unpaired) electrons. The van der Waals surface area contributed by atoms with Gasteiger partial charge in [0.05, 0.1) is 0 Å². The Morgan fingerprint density at radius 3 is 1.32 bits per heavy atom. The number of rotatable bonds is 1. The summed E-state index contributed by atoms with van der Waals surface area (Å²) in [6, 6.07) is 0. The maximum absolute atomic E-state index is 2.43. The second kappa shape index (κ2) is 16.0. The predicted molar refractivity (Wildman–Crippen MR) is 87.6 cm³/mol. The van der Waals surface area contributed by atoms with Crippen molar-refractivity contribution in [3.8, 4) is 0 Å². The van der Waals surface area contributed by atoms with Crippen molar-refractivity contribution in [2.24, 2.45) is 17.8 Å². The van der Waals surface area contributed by atoms with Gasteiger partial charge in [-0.1, -0.05) is 79.6 Å². The van der Waals surface area contributed by atoms with E-state index in [1.54, 1.807) is 25.7 Å². The molecule has 0 saturated heterocycles. The third kappa shape index (κ3) is 9.45. The summed E-state index contributed by atoms with van der Waals surface area (Å²) in [5.74, 6) is 3.28. The molecule has 4 N–H and O–H groups in total. The molecule has 0 aromatic heterocycles. The van der Waals surface area contributed by atoms with E-state index in [0.29, 0.717) is 0 Å². The topological polar surface area (TPSA) is 63.0 Å². The zero-order valence-corrected chi connectivity index (χ0v) is 14.1. The normalized spacial score (nSPS) is 26.4. The Morgan fingerprint density at radius 2 is 0.895 bits per heavy atom. The Morgan fingerprint density at radius 1 is 0.526 bits per heavy atom. The molecule has 2 heteroatoms. The van der Waals surface area contributed by atoms with Crippen molar-refractivity contribution in [3.63, 3.8) is 0 Å². The molecule has 0 spiro atoms. The first-order chi connectivity index (χ1) is 8.36. The van der Waals surface area contributed by atoms with Crippen LogP contribution in [0.1, 0.15) is 92.4 Å². The lowest BCUT2D eigenvalue weighted by atomic mass is 9.71. The van der Waals surface area contributed by atoms with Gasteiger partial charge in [-0.15, -0.1) is 0 Å². The van der Waals surface area contributed by atoms with Gasteiger partial charge in [-0.25, -0.2) is 0 Å². The van der Waals surface area contributed by atoms with E-state index in [0.717, 1.165) is 17.8 Å². The highest BCUT2D eigenvalue weighted by Crippen LogP contribution is 2.39. The Labute approximate surface area is 122 Å². The van der Waals surface area contributed by atoms with Gasteiger partial charge in [0.2, 0.25) is 0 Å². The quantitative estimate of drug-likeness (QED) is 0.660. The Kier molecular flexibility index (Phi) is 20.2. The van der Waals surface area contributed by atoms with Crippen LogP contribution in [0.15, 0.2) is 0 Å². The van der Waals surface area contributed by atoms with Gasteiger partial charge in [-0.3, -0.25) is 0 Å². The first-order valence-electron chi connectivity index (χ1n) is 8.36. The maximum Gasteiger partial charge on any atom is -0.0386 e. The van der Waals surface area contributed by atoms with Gasteiger partial charge in [0.15, 0.2) is 0 Å². The third-order valence-corrected chi connectivity index (χ3v) is 4.38. The van der Waals surface area contributed by atoms with Crippen LogP contribution in [0, 0.1) is 17.8 Å². The highest BCUT2D eigenvalue weighted by atomic mass is 16.0. The van der Waals surface area contributed by atoms with Crippen molar-refractivity contribution in [1.82, 2.24) is 0 Å². The zero-order chi connectivity index (χ0) is 13.1. The van der Waals surface area contributed by atoms with Gasteiger partial charge < -0.3 is 11.0 Å². The first-order valence-corrected chi connectivity index (χ1v) is 8.36. The van der Waals surface area contributed by atoms with Crippen LogP contribution >= 0.6 is 0 Å². The second-order valence-electron chi connectivity index (χ2n) is 5.42. The van der Waals surface area contributed by atoms with E-state index < -0.39 is 0 Å². The summed E-state index contributed by atoms with van der Waals surface area (Å²) in [6.45, 7) is 10.4. The third-order valence-electron chi connectivity index (χ3n) is 4.38. The summed E-state index contributed by atoms with van der Waals surface area (Å²) in [4.78, 5) is 0.